The summed E-state index contributed by atoms with van der Waals surface area (Å²) in [5.74, 6) is -0.963. The van der Waals surface area contributed by atoms with Gasteiger partial charge in [0.2, 0.25) is 0 Å². The number of ether oxygens (including phenoxy) is 2. The molecule has 0 saturated carbocycles. The quantitative estimate of drug-likeness (QED) is 0.237. The van der Waals surface area contributed by atoms with Crippen LogP contribution >= 0.6 is 15.9 Å². The van der Waals surface area contributed by atoms with E-state index in [-0.39, 0.29) is 24.5 Å². The third-order valence-corrected chi connectivity index (χ3v) is 6.41. The number of aryl methyl sites for hydroxylation is 1. The molecule has 0 bridgehead atoms. The van der Waals surface area contributed by atoms with Crippen LogP contribution in [0.2, 0.25) is 0 Å². The molecule has 1 atom stereocenters. The van der Waals surface area contributed by atoms with Crippen molar-refractivity contribution in [3.8, 4) is 5.75 Å². The lowest BCUT2D eigenvalue weighted by Gasteiger charge is -2.25. The largest absolute Gasteiger partial charge is 0.507 e. The molecule has 1 fully saturated rings. The predicted molar refractivity (Wildman–Crippen MR) is 137 cm³/mol. The van der Waals surface area contributed by atoms with Crippen LogP contribution in [0.5, 0.6) is 5.75 Å². The molecule has 35 heavy (non-hydrogen) atoms. The number of ketones is 1. The van der Waals surface area contributed by atoms with Gasteiger partial charge in [-0.25, -0.2) is 0 Å². The number of halogens is 1. The Morgan fingerprint density at radius 3 is 2.40 bits per heavy atom. The third kappa shape index (κ3) is 5.47. The highest BCUT2D eigenvalue weighted by Gasteiger charge is 2.45. The molecule has 1 aliphatic rings. The van der Waals surface area contributed by atoms with Crippen molar-refractivity contribution in [2.75, 3.05) is 20.3 Å². The second-order valence-corrected chi connectivity index (χ2v) is 9.25. The van der Waals surface area contributed by atoms with Gasteiger partial charge in [0.25, 0.3) is 11.7 Å². The smallest absolute Gasteiger partial charge is 0.295 e. The van der Waals surface area contributed by atoms with Crippen molar-refractivity contribution in [3.05, 3.63) is 105 Å². The molecule has 0 spiro atoms. The normalized spacial score (nSPS) is 17.1. The molecule has 0 unspecified atom stereocenters. The van der Waals surface area contributed by atoms with E-state index in [2.05, 4.69) is 22.0 Å². The van der Waals surface area contributed by atoms with E-state index in [0.29, 0.717) is 17.9 Å². The Kier molecular flexibility index (Phi) is 7.68. The molecule has 0 aliphatic carbocycles. The molecule has 1 saturated heterocycles. The molecular formula is C28H26BrNO5. The third-order valence-electron chi connectivity index (χ3n) is 5.88. The maximum absolute atomic E-state index is 13.0. The summed E-state index contributed by atoms with van der Waals surface area (Å²) in [7, 11) is 1.54. The number of hydrogen-bond acceptors (Lipinski definition) is 5. The van der Waals surface area contributed by atoms with Crippen molar-refractivity contribution < 1.29 is 24.2 Å². The van der Waals surface area contributed by atoms with Crippen LogP contribution in [0.1, 0.15) is 28.3 Å². The average Bonchev–Trinajstić information content (AvgIpc) is 3.11. The summed E-state index contributed by atoms with van der Waals surface area (Å²) in [6.45, 7) is 2.94. The minimum Gasteiger partial charge on any atom is -0.507 e. The maximum atomic E-state index is 13.0. The Morgan fingerprint density at radius 2 is 1.74 bits per heavy atom. The van der Waals surface area contributed by atoms with Gasteiger partial charge >= 0.3 is 0 Å². The fourth-order valence-corrected chi connectivity index (χ4v) is 4.39. The van der Waals surface area contributed by atoms with E-state index in [1.165, 1.54) is 12.0 Å². The first-order valence-corrected chi connectivity index (χ1v) is 12.0. The van der Waals surface area contributed by atoms with Crippen LogP contribution in [-0.4, -0.2) is 42.0 Å². The molecule has 0 radical (unpaired) electrons. The number of benzene rings is 3. The Labute approximate surface area is 212 Å². The van der Waals surface area contributed by atoms with Gasteiger partial charge in [-0.15, -0.1) is 0 Å². The van der Waals surface area contributed by atoms with Gasteiger partial charge in [-0.05, 0) is 54.4 Å². The fraction of sp³-hybridized carbons (Fsp3) is 0.214. The predicted octanol–water partition coefficient (Wildman–Crippen LogP) is 5.40. The number of aliphatic hydroxyl groups is 1. The Bertz CT molecular complexity index is 1250. The van der Waals surface area contributed by atoms with Gasteiger partial charge < -0.3 is 19.5 Å². The lowest BCUT2D eigenvalue weighted by molar-refractivity contribution is -0.140. The number of amides is 1. The van der Waals surface area contributed by atoms with Gasteiger partial charge in [-0.2, -0.15) is 0 Å². The molecule has 1 amide bonds. The number of nitrogens with zero attached hydrogens (tertiary/aromatic N) is 1. The van der Waals surface area contributed by atoms with Crippen LogP contribution < -0.4 is 4.74 Å². The first kappa shape index (κ1) is 24.7. The second-order valence-electron chi connectivity index (χ2n) is 8.34. The minimum atomic E-state index is -0.716. The molecule has 1 heterocycles. The van der Waals surface area contributed by atoms with Gasteiger partial charge in [0.15, 0.2) is 0 Å². The number of Topliss-reactive ketones (excluding diaryl/α,β-unsaturated/α-hetero) is 1. The molecule has 3 aromatic rings. The highest BCUT2D eigenvalue weighted by molar-refractivity contribution is 9.10. The van der Waals surface area contributed by atoms with Crippen LogP contribution in [0.15, 0.2) is 82.8 Å². The summed E-state index contributed by atoms with van der Waals surface area (Å²) >= 11 is 3.41. The van der Waals surface area contributed by atoms with E-state index in [0.717, 1.165) is 21.2 Å². The standard InChI is InChI=1S/C28H26BrNO5/c1-18-4-3-5-19(16-18)17-35-23-12-8-21(9-13-23)26(31)24-25(20-6-10-22(29)11-7-20)30(14-15-34-2)28(33)27(24)32/h3-13,16,25,31H,14-15,17H2,1-2H3/t25-/m0/s1. The summed E-state index contributed by atoms with van der Waals surface area (Å²) in [6.07, 6.45) is 0. The first-order chi connectivity index (χ1) is 16.9. The van der Waals surface area contributed by atoms with Gasteiger partial charge in [0.05, 0.1) is 18.2 Å². The van der Waals surface area contributed by atoms with Gasteiger partial charge in [-0.1, -0.05) is 57.9 Å². The zero-order valence-corrected chi connectivity index (χ0v) is 21.1. The summed E-state index contributed by atoms with van der Waals surface area (Å²) in [5, 5.41) is 11.2. The fourth-order valence-electron chi connectivity index (χ4n) is 4.13. The molecule has 1 aliphatic heterocycles. The van der Waals surface area contributed by atoms with Crippen molar-refractivity contribution in [3.63, 3.8) is 0 Å². The van der Waals surface area contributed by atoms with Crippen molar-refractivity contribution in [2.24, 2.45) is 0 Å². The summed E-state index contributed by atoms with van der Waals surface area (Å²) in [5.41, 5.74) is 3.43. The highest BCUT2D eigenvalue weighted by Crippen LogP contribution is 2.39. The summed E-state index contributed by atoms with van der Waals surface area (Å²) in [4.78, 5) is 27.3. The lowest BCUT2D eigenvalue weighted by Crippen LogP contribution is -2.32. The molecule has 1 N–H and O–H groups in total. The highest BCUT2D eigenvalue weighted by atomic mass is 79.9. The van der Waals surface area contributed by atoms with Gasteiger partial charge in [0, 0.05) is 23.7 Å². The number of hydrogen-bond donors (Lipinski definition) is 1. The number of carbonyl (C=O) groups is 2. The number of carbonyl (C=O) groups excluding carboxylic acids is 2. The van der Waals surface area contributed by atoms with Crippen LogP contribution in [0.4, 0.5) is 0 Å². The van der Waals surface area contributed by atoms with Crippen LogP contribution in [0.25, 0.3) is 5.76 Å². The van der Waals surface area contributed by atoms with Crippen LogP contribution in [-0.2, 0) is 20.9 Å². The van der Waals surface area contributed by atoms with Crippen molar-refractivity contribution in [1.82, 2.24) is 4.90 Å². The maximum Gasteiger partial charge on any atom is 0.295 e. The number of likely N-dealkylation sites (tertiary alicyclic amines) is 1. The molecule has 6 nitrogen and oxygen atoms in total. The van der Waals surface area contributed by atoms with Crippen molar-refractivity contribution in [1.29, 1.82) is 0 Å². The van der Waals surface area contributed by atoms with Gasteiger partial charge in [0.1, 0.15) is 18.1 Å². The molecule has 4 rings (SSSR count). The van der Waals surface area contributed by atoms with Crippen molar-refractivity contribution in [2.45, 2.75) is 19.6 Å². The Balaban J connectivity index is 1.63. The van der Waals surface area contributed by atoms with Crippen molar-refractivity contribution >= 4 is 33.4 Å². The average molecular weight is 536 g/mol. The van der Waals surface area contributed by atoms with E-state index in [4.69, 9.17) is 9.47 Å². The monoisotopic (exact) mass is 535 g/mol. The van der Waals surface area contributed by atoms with E-state index in [9.17, 15) is 14.7 Å². The lowest BCUT2D eigenvalue weighted by atomic mass is 9.95. The Morgan fingerprint density at radius 1 is 1.03 bits per heavy atom. The number of methoxy groups -OCH3 is 1. The first-order valence-electron chi connectivity index (χ1n) is 11.2. The van der Waals surface area contributed by atoms with E-state index >= 15 is 0 Å². The zero-order valence-electron chi connectivity index (χ0n) is 19.5. The second kappa shape index (κ2) is 10.9. The molecule has 0 aromatic heterocycles. The molecule has 180 valence electrons. The van der Waals surface area contributed by atoms with Crippen LogP contribution in [0.3, 0.4) is 0 Å². The van der Waals surface area contributed by atoms with E-state index < -0.39 is 17.7 Å². The SMILES string of the molecule is COCCN1C(=O)C(=O)C(=C(O)c2ccc(OCc3cccc(C)c3)cc2)[C@@H]1c1ccc(Br)cc1. The molecular weight excluding hydrogens is 510 g/mol. The van der Waals surface area contributed by atoms with Gasteiger partial charge in [-0.3, -0.25) is 9.59 Å². The molecule has 3 aromatic carbocycles. The van der Waals surface area contributed by atoms with Crippen LogP contribution in [0, 0.1) is 6.92 Å². The number of rotatable bonds is 8. The van der Waals surface area contributed by atoms with E-state index in [1.807, 2.05) is 49.4 Å². The molecule has 7 heteroatoms. The Hall–Kier alpha value is -3.42. The number of aliphatic hydroxyl groups excluding tert-OH is 1. The minimum absolute atomic E-state index is 0.0573. The topological polar surface area (TPSA) is 76.1 Å². The zero-order chi connectivity index (χ0) is 24.9. The van der Waals surface area contributed by atoms with E-state index in [1.54, 1.807) is 24.3 Å². The summed E-state index contributed by atoms with van der Waals surface area (Å²) < 4.78 is 11.9. The summed E-state index contributed by atoms with van der Waals surface area (Å²) in [6, 6.07) is 21.5.